The van der Waals surface area contributed by atoms with E-state index in [0.717, 1.165) is 25.7 Å². The summed E-state index contributed by atoms with van der Waals surface area (Å²) in [7, 11) is 0. The Morgan fingerprint density at radius 1 is 0.605 bits per heavy atom. The number of hydrogen-bond acceptors (Lipinski definition) is 3. The van der Waals surface area contributed by atoms with Crippen LogP contribution in [0.4, 0.5) is 0 Å². The molecule has 0 rings (SSSR count). The highest BCUT2D eigenvalue weighted by atomic mass is 16.3. The number of aliphatic hydroxyl groups excluding tert-OH is 2. The molecule has 0 aliphatic heterocycles. The summed E-state index contributed by atoms with van der Waals surface area (Å²) in [6.45, 7) is 4.29. The van der Waals surface area contributed by atoms with Gasteiger partial charge in [-0.2, -0.15) is 0 Å². The summed E-state index contributed by atoms with van der Waals surface area (Å²) in [4.78, 5) is 12.3. The van der Waals surface area contributed by atoms with E-state index >= 15 is 0 Å². The number of carbonyl (C=O) groups excluding carboxylic acids is 1. The Labute approximate surface area is 237 Å². The highest BCUT2D eigenvalue weighted by molar-refractivity contribution is 5.76. The lowest BCUT2D eigenvalue weighted by Gasteiger charge is -2.20. The Morgan fingerprint density at radius 3 is 1.37 bits per heavy atom. The van der Waals surface area contributed by atoms with E-state index in [-0.39, 0.29) is 12.5 Å². The molecule has 0 saturated carbocycles. The molecule has 0 saturated heterocycles. The predicted molar refractivity (Wildman–Crippen MR) is 166 cm³/mol. The number of rotatable bonds is 30. The SMILES string of the molecule is CCCCCCCCCCC/C=C/C(O)C(CO)NC(=O)CCCCCCCCCCCCCCCCC. The average Bonchev–Trinajstić information content (AvgIpc) is 2.92. The minimum Gasteiger partial charge on any atom is -0.394 e. The number of amides is 1. The fourth-order valence-corrected chi connectivity index (χ4v) is 5.12. The van der Waals surface area contributed by atoms with Gasteiger partial charge in [0.15, 0.2) is 0 Å². The lowest BCUT2D eigenvalue weighted by Crippen LogP contribution is -2.45. The van der Waals surface area contributed by atoms with Gasteiger partial charge in [0.2, 0.25) is 5.91 Å². The Morgan fingerprint density at radius 2 is 0.974 bits per heavy atom. The third-order valence-electron chi connectivity index (χ3n) is 7.77. The molecule has 2 unspecified atom stereocenters. The highest BCUT2D eigenvalue weighted by Gasteiger charge is 2.17. The van der Waals surface area contributed by atoms with E-state index in [1.165, 1.54) is 135 Å². The molecule has 0 aromatic heterocycles. The van der Waals surface area contributed by atoms with Crippen molar-refractivity contribution >= 4 is 5.91 Å². The van der Waals surface area contributed by atoms with Gasteiger partial charge in [0.05, 0.1) is 18.8 Å². The summed E-state index contributed by atoms with van der Waals surface area (Å²) in [5.41, 5.74) is 0. The van der Waals surface area contributed by atoms with Gasteiger partial charge in [-0.15, -0.1) is 0 Å². The van der Waals surface area contributed by atoms with Gasteiger partial charge in [0.1, 0.15) is 0 Å². The fraction of sp³-hybridized carbons (Fsp3) is 0.912. The molecule has 0 fully saturated rings. The van der Waals surface area contributed by atoms with Crippen LogP contribution in [0.2, 0.25) is 0 Å². The van der Waals surface area contributed by atoms with Crippen molar-refractivity contribution in [1.82, 2.24) is 5.32 Å². The molecule has 0 spiro atoms. The molecule has 1 amide bonds. The van der Waals surface area contributed by atoms with Gasteiger partial charge in [0, 0.05) is 6.42 Å². The zero-order chi connectivity index (χ0) is 27.9. The molecule has 4 heteroatoms. The molecule has 4 nitrogen and oxygen atoms in total. The minimum absolute atomic E-state index is 0.0647. The second kappa shape index (κ2) is 30.7. The standard InChI is InChI=1S/C34H67NO3/c1-3-5-7-9-11-13-15-16-17-18-20-22-24-26-28-30-34(38)35-32(31-36)33(37)29-27-25-23-21-19-14-12-10-8-6-4-2/h27,29,32-33,36-37H,3-26,28,30-31H2,1-2H3,(H,35,38)/b29-27+. The molecule has 226 valence electrons. The van der Waals surface area contributed by atoms with E-state index in [1.54, 1.807) is 6.08 Å². The number of carbonyl (C=O) groups is 1. The number of allylic oxidation sites excluding steroid dienone is 1. The molecule has 0 radical (unpaired) electrons. The van der Waals surface area contributed by atoms with Crippen LogP contribution in [0.25, 0.3) is 0 Å². The quantitative estimate of drug-likeness (QED) is 0.0631. The van der Waals surface area contributed by atoms with Gasteiger partial charge in [-0.25, -0.2) is 0 Å². The first-order chi connectivity index (χ1) is 18.7. The molecule has 0 bridgehead atoms. The summed E-state index contributed by atoms with van der Waals surface area (Å²) < 4.78 is 0. The zero-order valence-corrected chi connectivity index (χ0v) is 25.7. The lowest BCUT2D eigenvalue weighted by molar-refractivity contribution is -0.123. The van der Waals surface area contributed by atoms with Gasteiger partial charge < -0.3 is 15.5 Å². The first-order valence-electron chi connectivity index (χ1n) is 16.9. The van der Waals surface area contributed by atoms with Crippen LogP contribution < -0.4 is 5.32 Å². The van der Waals surface area contributed by atoms with E-state index in [1.807, 2.05) is 6.08 Å². The lowest BCUT2D eigenvalue weighted by atomic mass is 10.0. The van der Waals surface area contributed by atoms with Crippen molar-refractivity contribution in [2.75, 3.05) is 6.61 Å². The minimum atomic E-state index is -0.830. The van der Waals surface area contributed by atoms with Crippen molar-refractivity contribution in [3.63, 3.8) is 0 Å². The molecular weight excluding hydrogens is 470 g/mol. The number of nitrogens with one attached hydrogen (secondary N) is 1. The molecule has 38 heavy (non-hydrogen) atoms. The third kappa shape index (κ3) is 26.7. The topological polar surface area (TPSA) is 69.6 Å². The largest absolute Gasteiger partial charge is 0.394 e. The second-order valence-electron chi connectivity index (χ2n) is 11.6. The van der Waals surface area contributed by atoms with Crippen molar-refractivity contribution in [2.24, 2.45) is 0 Å². The van der Waals surface area contributed by atoms with Gasteiger partial charge in [-0.1, -0.05) is 167 Å². The van der Waals surface area contributed by atoms with Crippen LogP contribution in [0, 0.1) is 0 Å². The maximum atomic E-state index is 12.3. The van der Waals surface area contributed by atoms with Gasteiger partial charge in [0.25, 0.3) is 0 Å². The van der Waals surface area contributed by atoms with Crippen LogP contribution >= 0.6 is 0 Å². The van der Waals surface area contributed by atoms with Crippen molar-refractivity contribution in [2.45, 2.75) is 193 Å². The Kier molecular flexibility index (Phi) is 30.0. The first-order valence-corrected chi connectivity index (χ1v) is 16.9. The summed E-state index contributed by atoms with van der Waals surface area (Å²) in [6, 6.07) is -0.613. The molecule has 2 atom stereocenters. The number of hydrogen-bond donors (Lipinski definition) is 3. The smallest absolute Gasteiger partial charge is 0.220 e. The Hall–Kier alpha value is -0.870. The van der Waals surface area contributed by atoms with E-state index in [0.29, 0.717) is 6.42 Å². The zero-order valence-electron chi connectivity index (χ0n) is 25.7. The van der Waals surface area contributed by atoms with Crippen molar-refractivity contribution in [1.29, 1.82) is 0 Å². The fourth-order valence-electron chi connectivity index (χ4n) is 5.12. The van der Waals surface area contributed by atoms with E-state index < -0.39 is 12.1 Å². The molecule has 3 N–H and O–H groups in total. The molecule has 0 aliphatic carbocycles. The Balaban J connectivity index is 3.61. The van der Waals surface area contributed by atoms with Crippen molar-refractivity contribution < 1.29 is 15.0 Å². The maximum Gasteiger partial charge on any atom is 0.220 e. The maximum absolute atomic E-state index is 12.3. The van der Waals surface area contributed by atoms with Crippen LogP contribution in [0.15, 0.2) is 12.2 Å². The molecule has 0 aromatic rings. The monoisotopic (exact) mass is 538 g/mol. The normalized spacial score (nSPS) is 13.3. The van der Waals surface area contributed by atoms with E-state index in [9.17, 15) is 15.0 Å². The number of unbranched alkanes of at least 4 members (excludes halogenated alkanes) is 23. The van der Waals surface area contributed by atoms with Crippen molar-refractivity contribution in [3.05, 3.63) is 12.2 Å². The summed E-state index contributed by atoms with van der Waals surface area (Å²) in [5.74, 6) is -0.0647. The summed E-state index contributed by atoms with van der Waals surface area (Å²) in [6.07, 6.45) is 35.7. The summed E-state index contributed by atoms with van der Waals surface area (Å²) in [5, 5.41) is 22.8. The first kappa shape index (κ1) is 37.1. The molecule has 0 heterocycles. The van der Waals surface area contributed by atoms with E-state index in [4.69, 9.17) is 0 Å². The van der Waals surface area contributed by atoms with Crippen LogP contribution in [-0.4, -0.2) is 34.9 Å². The van der Waals surface area contributed by atoms with Gasteiger partial charge in [-0.3, -0.25) is 4.79 Å². The Bertz CT molecular complexity index is 508. The van der Waals surface area contributed by atoms with Crippen LogP contribution in [-0.2, 0) is 4.79 Å². The number of aliphatic hydroxyl groups is 2. The van der Waals surface area contributed by atoms with Crippen LogP contribution in [0.1, 0.15) is 181 Å². The highest BCUT2D eigenvalue weighted by Crippen LogP contribution is 2.14. The molecule has 0 aromatic carbocycles. The van der Waals surface area contributed by atoms with Crippen LogP contribution in [0.5, 0.6) is 0 Å². The van der Waals surface area contributed by atoms with Gasteiger partial charge in [-0.05, 0) is 19.3 Å². The average molecular weight is 538 g/mol. The van der Waals surface area contributed by atoms with E-state index in [2.05, 4.69) is 19.2 Å². The molecular formula is C34H67NO3. The van der Waals surface area contributed by atoms with Crippen molar-refractivity contribution in [3.8, 4) is 0 Å². The van der Waals surface area contributed by atoms with Gasteiger partial charge >= 0.3 is 0 Å². The second-order valence-corrected chi connectivity index (χ2v) is 11.6. The summed E-state index contributed by atoms with van der Waals surface area (Å²) >= 11 is 0. The third-order valence-corrected chi connectivity index (χ3v) is 7.77. The molecule has 0 aliphatic rings. The van der Waals surface area contributed by atoms with Crippen LogP contribution in [0.3, 0.4) is 0 Å². The predicted octanol–water partition coefficient (Wildman–Crippen LogP) is 9.56.